The zero-order valence-corrected chi connectivity index (χ0v) is 14.5. The van der Waals surface area contributed by atoms with Crippen LogP contribution in [0.4, 0.5) is 0 Å². The predicted octanol–water partition coefficient (Wildman–Crippen LogP) is 3.23. The van der Waals surface area contributed by atoms with Crippen LogP contribution in [-0.2, 0) is 19.0 Å². The lowest BCUT2D eigenvalue weighted by Crippen LogP contribution is -2.78. The molecule has 0 N–H and O–H groups in total. The molecule has 5 rings (SSSR count). The van der Waals surface area contributed by atoms with E-state index in [9.17, 15) is 4.79 Å². The molecule has 3 fully saturated rings. The monoisotopic (exact) mass is 330 g/mol. The molecule has 0 aromatic heterocycles. The Labute approximate surface area is 143 Å². The maximum absolute atomic E-state index is 12.9. The van der Waals surface area contributed by atoms with Crippen molar-refractivity contribution >= 4 is 5.97 Å². The number of hydrogen-bond donors (Lipinski definition) is 0. The molecular formula is C20H26O4. The first-order valence-electron chi connectivity index (χ1n) is 9.34. The van der Waals surface area contributed by atoms with Gasteiger partial charge in [-0.25, -0.2) is 0 Å². The normalized spacial score (nSPS) is 47.2. The summed E-state index contributed by atoms with van der Waals surface area (Å²) in [6, 6.07) is 0. The lowest BCUT2D eigenvalue weighted by atomic mass is 9.44. The highest BCUT2D eigenvalue weighted by atomic mass is 16.7. The summed E-state index contributed by atoms with van der Waals surface area (Å²) in [5.41, 5.74) is -0.455. The molecule has 3 aliphatic carbocycles. The van der Waals surface area contributed by atoms with Gasteiger partial charge in [0.25, 0.3) is 0 Å². The van der Waals surface area contributed by atoms with Gasteiger partial charge in [-0.2, -0.15) is 0 Å². The van der Waals surface area contributed by atoms with Crippen LogP contribution in [-0.4, -0.2) is 31.1 Å². The lowest BCUT2D eigenvalue weighted by molar-refractivity contribution is -0.392. The van der Waals surface area contributed by atoms with E-state index in [1.165, 1.54) is 0 Å². The first-order chi connectivity index (χ1) is 11.5. The molecule has 130 valence electrons. The van der Waals surface area contributed by atoms with Crippen molar-refractivity contribution < 1.29 is 19.0 Å². The van der Waals surface area contributed by atoms with Crippen molar-refractivity contribution in [2.24, 2.45) is 28.6 Å². The summed E-state index contributed by atoms with van der Waals surface area (Å²) in [6.07, 6.45) is 12.4. The summed E-state index contributed by atoms with van der Waals surface area (Å²) >= 11 is 0. The van der Waals surface area contributed by atoms with Crippen LogP contribution < -0.4 is 0 Å². The Morgan fingerprint density at radius 3 is 2.62 bits per heavy atom. The van der Waals surface area contributed by atoms with E-state index >= 15 is 0 Å². The van der Waals surface area contributed by atoms with E-state index in [1.807, 2.05) is 0 Å². The van der Waals surface area contributed by atoms with Crippen molar-refractivity contribution in [3.8, 4) is 0 Å². The molecule has 0 aromatic rings. The van der Waals surface area contributed by atoms with E-state index in [0.717, 1.165) is 25.7 Å². The highest BCUT2D eigenvalue weighted by Crippen LogP contribution is 2.68. The predicted molar refractivity (Wildman–Crippen MR) is 87.9 cm³/mol. The summed E-state index contributed by atoms with van der Waals surface area (Å²) < 4.78 is 18.2. The van der Waals surface area contributed by atoms with E-state index in [4.69, 9.17) is 14.2 Å². The van der Waals surface area contributed by atoms with Gasteiger partial charge >= 0.3 is 5.97 Å². The molecule has 2 spiro atoms. The van der Waals surface area contributed by atoms with Gasteiger partial charge in [-0.3, -0.25) is 4.79 Å². The van der Waals surface area contributed by atoms with Crippen LogP contribution in [0.2, 0.25) is 0 Å². The van der Waals surface area contributed by atoms with E-state index in [-0.39, 0.29) is 23.4 Å². The Balaban J connectivity index is 1.68. The Kier molecular flexibility index (Phi) is 2.99. The summed E-state index contributed by atoms with van der Waals surface area (Å²) in [7, 11) is 0. The molecule has 2 aliphatic heterocycles. The fourth-order valence-corrected chi connectivity index (χ4v) is 6.12. The van der Waals surface area contributed by atoms with Crippen molar-refractivity contribution in [2.45, 2.75) is 51.4 Å². The standard InChI is InChI=1S/C20H26O4/c1-18(2)9-4-6-13-14-7-3-8-16-20(14,17(21)24-16)19(12-15(13)18)22-10-5-11-23-19/h3-4,6,8,13-16H,5,7,9-12H2,1-2H3/t13-,14+,15+,16-,20-/m1/s1. The fraction of sp³-hybridized carbons (Fsp3) is 0.750. The van der Waals surface area contributed by atoms with Crippen LogP contribution >= 0.6 is 0 Å². The van der Waals surface area contributed by atoms with Gasteiger partial charge in [0.05, 0.1) is 13.2 Å². The largest absolute Gasteiger partial charge is 0.456 e. The molecule has 24 heavy (non-hydrogen) atoms. The molecule has 0 bridgehead atoms. The Hall–Kier alpha value is -1.13. The van der Waals surface area contributed by atoms with Crippen LogP contribution in [0.3, 0.4) is 0 Å². The number of carbonyl (C=O) groups excluding carboxylic acids is 1. The van der Waals surface area contributed by atoms with Gasteiger partial charge in [0.1, 0.15) is 6.10 Å². The van der Waals surface area contributed by atoms with Crippen molar-refractivity contribution in [1.82, 2.24) is 0 Å². The van der Waals surface area contributed by atoms with E-state index in [1.54, 1.807) is 0 Å². The van der Waals surface area contributed by atoms with Crippen molar-refractivity contribution in [3.63, 3.8) is 0 Å². The third-order valence-electron chi connectivity index (χ3n) is 7.32. The molecule has 5 atom stereocenters. The van der Waals surface area contributed by atoms with Gasteiger partial charge in [0.2, 0.25) is 0 Å². The number of rotatable bonds is 0. The van der Waals surface area contributed by atoms with E-state index < -0.39 is 11.2 Å². The Morgan fingerprint density at radius 1 is 1.08 bits per heavy atom. The molecule has 5 aliphatic rings. The molecule has 0 radical (unpaired) electrons. The Morgan fingerprint density at radius 2 is 1.88 bits per heavy atom. The van der Waals surface area contributed by atoms with Gasteiger partial charge in [0.15, 0.2) is 11.2 Å². The average molecular weight is 330 g/mol. The first-order valence-corrected chi connectivity index (χ1v) is 9.34. The smallest absolute Gasteiger partial charge is 0.322 e. The second kappa shape index (κ2) is 4.73. The number of ether oxygens (including phenoxy) is 3. The SMILES string of the molecule is CC1(C)CC=C[C@H]2[C@@H]1CC1(OCCCO1)[C@@]13C(=O)O[C@@H]1C=CC[C@@H]23. The van der Waals surface area contributed by atoms with Crippen LogP contribution in [0.15, 0.2) is 24.3 Å². The summed E-state index contributed by atoms with van der Waals surface area (Å²) in [6.45, 7) is 6.04. The second-order valence-electron chi connectivity index (χ2n) is 8.78. The molecule has 4 nitrogen and oxygen atoms in total. The summed E-state index contributed by atoms with van der Waals surface area (Å²) in [5.74, 6) is 0.163. The number of hydrogen-bond acceptors (Lipinski definition) is 4. The maximum Gasteiger partial charge on any atom is 0.322 e. The number of esters is 1. The molecule has 2 saturated heterocycles. The van der Waals surface area contributed by atoms with Crippen LogP contribution in [0.1, 0.15) is 39.5 Å². The third-order valence-corrected chi connectivity index (χ3v) is 7.32. The van der Waals surface area contributed by atoms with E-state index in [0.29, 0.717) is 25.0 Å². The van der Waals surface area contributed by atoms with Gasteiger partial charge in [-0.15, -0.1) is 0 Å². The minimum atomic E-state index is -0.801. The number of carbonyl (C=O) groups is 1. The summed E-state index contributed by atoms with van der Waals surface area (Å²) in [5, 5.41) is 0. The van der Waals surface area contributed by atoms with Gasteiger partial charge in [0, 0.05) is 6.42 Å². The molecule has 0 unspecified atom stereocenters. The highest BCUT2D eigenvalue weighted by Gasteiger charge is 2.79. The van der Waals surface area contributed by atoms with Crippen molar-refractivity contribution in [2.75, 3.05) is 13.2 Å². The van der Waals surface area contributed by atoms with Crippen LogP contribution in [0.25, 0.3) is 0 Å². The van der Waals surface area contributed by atoms with E-state index in [2.05, 4.69) is 38.2 Å². The zero-order valence-electron chi connectivity index (χ0n) is 14.5. The minimum absolute atomic E-state index is 0.112. The van der Waals surface area contributed by atoms with Crippen LogP contribution in [0, 0.1) is 28.6 Å². The zero-order chi connectivity index (χ0) is 16.6. The van der Waals surface area contributed by atoms with Crippen molar-refractivity contribution in [1.29, 1.82) is 0 Å². The quantitative estimate of drug-likeness (QED) is 0.505. The molecule has 2 heterocycles. The molecule has 0 aromatic carbocycles. The Bertz CT molecular complexity index is 628. The lowest BCUT2D eigenvalue weighted by Gasteiger charge is -2.67. The molecule has 1 saturated carbocycles. The molecular weight excluding hydrogens is 304 g/mol. The second-order valence-corrected chi connectivity index (χ2v) is 8.78. The summed E-state index contributed by atoms with van der Waals surface area (Å²) in [4.78, 5) is 12.9. The van der Waals surface area contributed by atoms with Gasteiger partial charge < -0.3 is 14.2 Å². The number of allylic oxidation sites excluding steroid dienone is 3. The topological polar surface area (TPSA) is 44.8 Å². The van der Waals surface area contributed by atoms with Crippen LogP contribution in [0.5, 0.6) is 0 Å². The van der Waals surface area contributed by atoms with Crippen molar-refractivity contribution in [3.05, 3.63) is 24.3 Å². The first kappa shape index (κ1) is 15.2. The maximum atomic E-state index is 12.9. The average Bonchev–Trinajstić information content (AvgIpc) is 2.55. The third kappa shape index (κ3) is 1.60. The highest BCUT2D eigenvalue weighted by molar-refractivity contribution is 5.86. The van der Waals surface area contributed by atoms with Gasteiger partial charge in [-0.05, 0) is 48.5 Å². The van der Waals surface area contributed by atoms with Gasteiger partial charge in [-0.1, -0.05) is 32.1 Å². The minimum Gasteiger partial charge on any atom is -0.456 e. The fourth-order valence-electron chi connectivity index (χ4n) is 6.12. The molecule has 4 heteroatoms. The molecule has 0 amide bonds. The number of fused-ring (bicyclic) bond motifs is 2.